The molecule has 1 aromatic rings. The maximum absolute atomic E-state index is 13.8. The number of piperidine rings is 1. The van der Waals surface area contributed by atoms with E-state index in [-0.39, 0.29) is 17.8 Å². The number of carbonyl (C=O) groups excluding carboxylic acids is 1. The molecule has 6 nitrogen and oxygen atoms in total. The molecule has 1 aromatic carbocycles. The Hall–Kier alpha value is -2.18. The number of amides is 1. The summed E-state index contributed by atoms with van der Waals surface area (Å²) in [6, 6.07) is 3.04. The van der Waals surface area contributed by atoms with Gasteiger partial charge >= 0.3 is 6.09 Å². The van der Waals surface area contributed by atoms with E-state index in [1.807, 2.05) is 20.8 Å². The monoisotopic (exact) mass is 339 g/mol. The molecular formula is C17H26FN3O3. The van der Waals surface area contributed by atoms with Gasteiger partial charge in [0.2, 0.25) is 0 Å². The first-order valence-corrected chi connectivity index (χ1v) is 8.07. The maximum atomic E-state index is 13.8. The lowest BCUT2D eigenvalue weighted by Gasteiger charge is -2.34. The number of hydrogen-bond donors (Lipinski definition) is 2. The highest BCUT2D eigenvalue weighted by Crippen LogP contribution is 2.30. The van der Waals surface area contributed by atoms with Crippen molar-refractivity contribution in [1.82, 2.24) is 4.90 Å². The van der Waals surface area contributed by atoms with Gasteiger partial charge in [-0.15, -0.1) is 0 Å². The van der Waals surface area contributed by atoms with Crippen LogP contribution in [0.2, 0.25) is 0 Å². The minimum Gasteiger partial charge on any atom is -0.497 e. The Balaban J connectivity index is 1.94. The predicted molar refractivity (Wildman–Crippen MR) is 91.8 cm³/mol. The summed E-state index contributed by atoms with van der Waals surface area (Å²) in [5.41, 5.74) is 5.88. The fourth-order valence-electron chi connectivity index (χ4n) is 2.58. The van der Waals surface area contributed by atoms with E-state index < -0.39 is 11.4 Å². The van der Waals surface area contributed by atoms with Crippen molar-refractivity contribution < 1.29 is 18.7 Å². The molecule has 0 atom stereocenters. The van der Waals surface area contributed by atoms with Gasteiger partial charge in [0.15, 0.2) is 5.82 Å². The third-order valence-electron chi connectivity index (χ3n) is 3.85. The molecule has 1 amide bonds. The van der Waals surface area contributed by atoms with E-state index in [1.165, 1.54) is 13.2 Å². The summed E-state index contributed by atoms with van der Waals surface area (Å²) in [4.78, 5) is 13.8. The molecule has 1 saturated heterocycles. The normalized spacial score (nSPS) is 16.0. The largest absolute Gasteiger partial charge is 0.497 e. The van der Waals surface area contributed by atoms with Crippen molar-refractivity contribution in [3.05, 3.63) is 17.9 Å². The number of rotatable bonds is 3. The van der Waals surface area contributed by atoms with Gasteiger partial charge in [0.25, 0.3) is 0 Å². The van der Waals surface area contributed by atoms with Crippen LogP contribution in [-0.4, -0.2) is 42.8 Å². The third kappa shape index (κ3) is 4.66. The highest BCUT2D eigenvalue weighted by Gasteiger charge is 2.27. The molecule has 7 heteroatoms. The van der Waals surface area contributed by atoms with Gasteiger partial charge in [-0.3, -0.25) is 0 Å². The molecular weight excluding hydrogens is 313 g/mol. The first-order valence-electron chi connectivity index (χ1n) is 8.07. The molecule has 0 radical (unpaired) electrons. The number of likely N-dealkylation sites (tertiary alicyclic amines) is 1. The van der Waals surface area contributed by atoms with Crippen LogP contribution in [0.3, 0.4) is 0 Å². The average molecular weight is 339 g/mol. The summed E-state index contributed by atoms with van der Waals surface area (Å²) < 4.78 is 24.2. The molecule has 1 heterocycles. The van der Waals surface area contributed by atoms with Crippen LogP contribution in [0.1, 0.15) is 33.6 Å². The molecule has 3 N–H and O–H groups in total. The number of nitrogens with zero attached hydrogens (tertiary/aromatic N) is 1. The average Bonchev–Trinajstić information content (AvgIpc) is 2.50. The number of anilines is 2. The Labute approximate surface area is 142 Å². The van der Waals surface area contributed by atoms with Gasteiger partial charge in [0, 0.05) is 31.3 Å². The van der Waals surface area contributed by atoms with Crippen molar-refractivity contribution in [3.63, 3.8) is 0 Å². The van der Waals surface area contributed by atoms with Crippen molar-refractivity contribution in [3.8, 4) is 5.75 Å². The molecule has 0 spiro atoms. The molecule has 0 aromatic heterocycles. The summed E-state index contributed by atoms with van der Waals surface area (Å²) in [7, 11) is 1.48. The highest BCUT2D eigenvalue weighted by molar-refractivity contribution is 5.70. The lowest BCUT2D eigenvalue weighted by Crippen LogP contribution is -2.44. The fraction of sp³-hybridized carbons (Fsp3) is 0.588. The van der Waals surface area contributed by atoms with Crippen molar-refractivity contribution in [1.29, 1.82) is 0 Å². The van der Waals surface area contributed by atoms with E-state index in [4.69, 9.17) is 15.2 Å². The molecule has 0 bridgehead atoms. The lowest BCUT2D eigenvalue weighted by molar-refractivity contribution is 0.0210. The SMILES string of the molecule is COc1cc(F)c(N)c(NC2CCN(C(=O)OC(C)(C)C)CC2)c1. The van der Waals surface area contributed by atoms with E-state index >= 15 is 0 Å². The number of benzene rings is 1. The molecule has 24 heavy (non-hydrogen) atoms. The zero-order chi connectivity index (χ0) is 17.9. The van der Waals surface area contributed by atoms with Gasteiger partial charge in [-0.05, 0) is 33.6 Å². The molecule has 1 aliphatic heterocycles. The Morgan fingerprint density at radius 3 is 2.50 bits per heavy atom. The van der Waals surface area contributed by atoms with E-state index in [0.717, 1.165) is 12.8 Å². The zero-order valence-electron chi connectivity index (χ0n) is 14.7. The van der Waals surface area contributed by atoms with Gasteiger partial charge in [0.05, 0.1) is 18.5 Å². The summed E-state index contributed by atoms with van der Waals surface area (Å²) in [5, 5.41) is 3.25. The van der Waals surface area contributed by atoms with Gasteiger partial charge in [-0.2, -0.15) is 0 Å². The number of ether oxygens (including phenoxy) is 2. The second-order valence-electron chi connectivity index (χ2n) is 6.96. The van der Waals surface area contributed by atoms with E-state index in [9.17, 15) is 9.18 Å². The van der Waals surface area contributed by atoms with Crippen LogP contribution in [0.25, 0.3) is 0 Å². The summed E-state index contributed by atoms with van der Waals surface area (Å²) in [6.45, 7) is 6.70. The number of nitrogens with two attached hydrogens (primary N) is 1. The van der Waals surface area contributed by atoms with E-state index in [0.29, 0.717) is 24.5 Å². The molecule has 1 fully saturated rings. The number of nitrogens with one attached hydrogen (secondary N) is 1. The lowest BCUT2D eigenvalue weighted by atomic mass is 10.0. The summed E-state index contributed by atoms with van der Waals surface area (Å²) in [6.07, 6.45) is 1.17. The molecule has 0 aliphatic carbocycles. The number of hydrogen-bond acceptors (Lipinski definition) is 5. The minimum absolute atomic E-state index is 0.0744. The van der Waals surface area contributed by atoms with Gasteiger partial charge in [-0.25, -0.2) is 9.18 Å². The van der Waals surface area contributed by atoms with Crippen LogP contribution in [0, 0.1) is 5.82 Å². The molecule has 0 unspecified atom stereocenters. The van der Waals surface area contributed by atoms with Gasteiger partial charge in [0.1, 0.15) is 11.4 Å². The topological polar surface area (TPSA) is 76.8 Å². The number of carbonyl (C=O) groups is 1. The number of halogens is 1. The summed E-state index contributed by atoms with van der Waals surface area (Å²) in [5.74, 6) is -0.0987. The van der Waals surface area contributed by atoms with Gasteiger partial charge < -0.3 is 25.4 Å². The summed E-state index contributed by atoms with van der Waals surface area (Å²) >= 11 is 0. The Bertz CT molecular complexity index is 593. The van der Waals surface area contributed by atoms with Gasteiger partial charge in [-0.1, -0.05) is 0 Å². The predicted octanol–water partition coefficient (Wildman–Crippen LogP) is 3.23. The molecule has 134 valence electrons. The van der Waals surface area contributed by atoms with Crippen molar-refractivity contribution in [2.75, 3.05) is 31.2 Å². The zero-order valence-corrected chi connectivity index (χ0v) is 14.7. The van der Waals surface area contributed by atoms with Crippen LogP contribution in [0.5, 0.6) is 5.75 Å². The minimum atomic E-state index is -0.511. The second kappa shape index (κ2) is 7.15. The first-order chi connectivity index (χ1) is 11.2. The highest BCUT2D eigenvalue weighted by atomic mass is 19.1. The van der Waals surface area contributed by atoms with Crippen LogP contribution >= 0.6 is 0 Å². The third-order valence-corrected chi connectivity index (χ3v) is 3.85. The maximum Gasteiger partial charge on any atom is 0.410 e. The van der Waals surface area contributed by atoms with Crippen LogP contribution in [0.4, 0.5) is 20.6 Å². The van der Waals surface area contributed by atoms with Crippen LogP contribution in [-0.2, 0) is 4.74 Å². The van der Waals surface area contributed by atoms with Crippen molar-refractivity contribution in [2.45, 2.75) is 45.3 Å². The van der Waals surface area contributed by atoms with Crippen molar-refractivity contribution >= 4 is 17.5 Å². The Morgan fingerprint density at radius 1 is 1.33 bits per heavy atom. The standard InChI is InChI=1S/C17H26FN3O3/c1-17(2,3)24-16(22)21-7-5-11(6-8-21)20-14-10-12(23-4)9-13(18)15(14)19/h9-11,20H,5-8,19H2,1-4H3. The number of nitrogen functional groups attached to an aromatic ring is 1. The number of methoxy groups -OCH3 is 1. The first kappa shape index (κ1) is 18.2. The smallest absolute Gasteiger partial charge is 0.410 e. The Morgan fingerprint density at radius 2 is 1.96 bits per heavy atom. The van der Waals surface area contributed by atoms with Crippen LogP contribution < -0.4 is 15.8 Å². The van der Waals surface area contributed by atoms with Crippen LogP contribution in [0.15, 0.2) is 12.1 Å². The molecule has 1 aliphatic rings. The second-order valence-corrected chi connectivity index (χ2v) is 6.96. The quantitative estimate of drug-likeness (QED) is 0.827. The Kier molecular flexibility index (Phi) is 5.41. The van der Waals surface area contributed by atoms with E-state index in [2.05, 4.69) is 5.32 Å². The molecule has 2 rings (SSSR count). The fourth-order valence-corrected chi connectivity index (χ4v) is 2.58. The van der Waals surface area contributed by atoms with Crippen molar-refractivity contribution in [2.24, 2.45) is 0 Å². The van der Waals surface area contributed by atoms with E-state index in [1.54, 1.807) is 11.0 Å². The molecule has 0 saturated carbocycles.